The summed E-state index contributed by atoms with van der Waals surface area (Å²) in [5.74, 6) is -0.320. The number of amides is 2. The van der Waals surface area contributed by atoms with Gasteiger partial charge in [0, 0.05) is 36.8 Å². The van der Waals surface area contributed by atoms with Crippen LogP contribution in [0.1, 0.15) is 38.8 Å². The van der Waals surface area contributed by atoms with Crippen molar-refractivity contribution in [2.75, 3.05) is 32.8 Å². The van der Waals surface area contributed by atoms with Gasteiger partial charge in [-0.15, -0.1) is 0 Å². The van der Waals surface area contributed by atoms with Gasteiger partial charge in [0.05, 0.1) is 25.4 Å². The normalized spacial score (nSPS) is 19.4. The van der Waals surface area contributed by atoms with E-state index < -0.39 is 6.10 Å². The van der Waals surface area contributed by atoms with Crippen molar-refractivity contribution in [3.05, 3.63) is 70.8 Å². The van der Waals surface area contributed by atoms with E-state index in [-0.39, 0.29) is 24.4 Å². The van der Waals surface area contributed by atoms with Crippen LogP contribution >= 0.6 is 0 Å². The Kier molecular flexibility index (Phi) is 7.19. The SMILES string of the molecule is C[C@@H]1COCCN1C(=O)c1ccc(C(=O)NCC(O)CNC2Cc3ccccc3C2)cc1. The molecule has 3 N–H and O–H groups in total. The standard InChI is InChI=1S/C25H31N3O4/c1-17-16-32-11-10-28(17)25(31)19-8-6-18(7-9-19)24(30)27-15-23(29)14-26-22-12-20-4-2-3-5-21(20)13-22/h2-9,17,22-23,26,29H,10-16H2,1H3,(H,27,30)/t17-,23?/m1/s1. The van der Waals surface area contributed by atoms with Gasteiger partial charge in [0.15, 0.2) is 0 Å². The van der Waals surface area contributed by atoms with E-state index in [2.05, 4.69) is 34.9 Å². The molecule has 0 spiro atoms. The Labute approximate surface area is 188 Å². The number of nitrogens with zero attached hydrogens (tertiary/aromatic N) is 1. The Morgan fingerprint density at radius 2 is 1.72 bits per heavy atom. The van der Waals surface area contributed by atoms with E-state index in [4.69, 9.17) is 4.74 Å². The number of benzene rings is 2. The van der Waals surface area contributed by atoms with Crippen molar-refractivity contribution in [3.8, 4) is 0 Å². The smallest absolute Gasteiger partial charge is 0.254 e. The first-order valence-electron chi connectivity index (χ1n) is 11.3. The van der Waals surface area contributed by atoms with Crippen molar-refractivity contribution in [3.63, 3.8) is 0 Å². The van der Waals surface area contributed by atoms with Crippen molar-refractivity contribution in [1.29, 1.82) is 0 Å². The number of hydrogen-bond donors (Lipinski definition) is 3. The number of morpholine rings is 1. The third-order valence-corrected chi connectivity index (χ3v) is 6.21. The van der Waals surface area contributed by atoms with E-state index in [9.17, 15) is 14.7 Å². The second-order valence-electron chi connectivity index (χ2n) is 8.65. The molecular formula is C25H31N3O4. The molecule has 1 fully saturated rings. The molecule has 2 aromatic rings. The largest absolute Gasteiger partial charge is 0.390 e. The number of aliphatic hydroxyl groups is 1. The zero-order chi connectivity index (χ0) is 22.5. The fourth-order valence-electron chi connectivity index (χ4n) is 4.35. The van der Waals surface area contributed by atoms with Crippen LogP contribution in [0.15, 0.2) is 48.5 Å². The molecule has 1 aliphatic carbocycles. The lowest BCUT2D eigenvalue weighted by Gasteiger charge is -2.33. The molecule has 4 rings (SSSR count). The van der Waals surface area contributed by atoms with E-state index in [0.29, 0.717) is 43.5 Å². The minimum Gasteiger partial charge on any atom is -0.390 e. The van der Waals surface area contributed by atoms with Crippen LogP contribution in [0.5, 0.6) is 0 Å². The lowest BCUT2D eigenvalue weighted by Crippen LogP contribution is -2.47. The molecule has 2 aliphatic rings. The monoisotopic (exact) mass is 437 g/mol. The Morgan fingerprint density at radius 3 is 2.38 bits per heavy atom. The third kappa shape index (κ3) is 5.35. The van der Waals surface area contributed by atoms with Gasteiger partial charge in [0.25, 0.3) is 11.8 Å². The van der Waals surface area contributed by atoms with Crippen molar-refractivity contribution in [2.45, 2.75) is 38.0 Å². The number of hydrogen-bond acceptors (Lipinski definition) is 5. The van der Waals surface area contributed by atoms with Crippen LogP contribution in [-0.4, -0.2) is 72.9 Å². The molecule has 1 unspecified atom stereocenters. The Bertz CT molecular complexity index is 921. The summed E-state index contributed by atoms with van der Waals surface area (Å²) in [5, 5.41) is 16.4. The van der Waals surface area contributed by atoms with E-state index in [1.54, 1.807) is 29.2 Å². The average molecular weight is 438 g/mol. The molecule has 0 radical (unpaired) electrons. The zero-order valence-electron chi connectivity index (χ0n) is 18.4. The summed E-state index contributed by atoms with van der Waals surface area (Å²) < 4.78 is 5.38. The maximum Gasteiger partial charge on any atom is 0.254 e. The summed E-state index contributed by atoms with van der Waals surface area (Å²) in [6.45, 7) is 4.20. The van der Waals surface area contributed by atoms with Gasteiger partial charge in [0.1, 0.15) is 0 Å². The number of nitrogens with one attached hydrogen (secondary N) is 2. The summed E-state index contributed by atoms with van der Waals surface area (Å²) in [4.78, 5) is 26.9. The molecule has 2 atom stereocenters. The Morgan fingerprint density at radius 1 is 1.06 bits per heavy atom. The molecule has 2 aromatic carbocycles. The van der Waals surface area contributed by atoms with Gasteiger partial charge in [0.2, 0.25) is 0 Å². The average Bonchev–Trinajstić information content (AvgIpc) is 3.24. The molecule has 0 saturated carbocycles. The van der Waals surface area contributed by atoms with Crippen molar-refractivity contribution < 1.29 is 19.4 Å². The maximum absolute atomic E-state index is 12.7. The highest BCUT2D eigenvalue weighted by atomic mass is 16.5. The van der Waals surface area contributed by atoms with Crippen LogP contribution in [-0.2, 0) is 17.6 Å². The number of fused-ring (bicyclic) bond motifs is 1. The zero-order valence-corrected chi connectivity index (χ0v) is 18.4. The molecule has 1 aliphatic heterocycles. The molecule has 0 aromatic heterocycles. The second-order valence-corrected chi connectivity index (χ2v) is 8.65. The number of rotatable bonds is 7. The third-order valence-electron chi connectivity index (χ3n) is 6.21. The predicted molar refractivity (Wildman–Crippen MR) is 122 cm³/mol. The first-order valence-corrected chi connectivity index (χ1v) is 11.3. The van der Waals surface area contributed by atoms with E-state index in [0.717, 1.165) is 12.8 Å². The summed E-state index contributed by atoms with van der Waals surface area (Å²) in [6, 6.07) is 15.4. The summed E-state index contributed by atoms with van der Waals surface area (Å²) in [5.41, 5.74) is 3.73. The van der Waals surface area contributed by atoms with Crippen LogP contribution in [0, 0.1) is 0 Å². The highest BCUT2D eigenvalue weighted by Gasteiger charge is 2.25. The van der Waals surface area contributed by atoms with E-state index in [1.165, 1.54) is 11.1 Å². The van der Waals surface area contributed by atoms with Gasteiger partial charge in [-0.1, -0.05) is 24.3 Å². The van der Waals surface area contributed by atoms with Crippen LogP contribution in [0.3, 0.4) is 0 Å². The minimum absolute atomic E-state index is 0.0349. The number of carbonyl (C=O) groups is 2. The van der Waals surface area contributed by atoms with Crippen LogP contribution < -0.4 is 10.6 Å². The number of ether oxygens (including phenoxy) is 1. The van der Waals surface area contributed by atoms with Crippen LogP contribution in [0.2, 0.25) is 0 Å². The fourth-order valence-corrected chi connectivity index (χ4v) is 4.35. The molecular weight excluding hydrogens is 406 g/mol. The molecule has 32 heavy (non-hydrogen) atoms. The molecule has 1 saturated heterocycles. The van der Waals surface area contributed by atoms with Gasteiger partial charge in [-0.25, -0.2) is 0 Å². The van der Waals surface area contributed by atoms with Crippen molar-refractivity contribution >= 4 is 11.8 Å². The topological polar surface area (TPSA) is 90.9 Å². The fraction of sp³-hybridized carbons (Fsp3) is 0.440. The second kappa shape index (κ2) is 10.3. The molecule has 7 nitrogen and oxygen atoms in total. The first-order chi connectivity index (χ1) is 15.5. The predicted octanol–water partition coefficient (Wildman–Crippen LogP) is 1.40. The van der Waals surface area contributed by atoms with Gasteiger partial charge < -0.3 is 25.4 Å². The van der Waals surface area contributed by atoms with Gasteiger partial charge in [-0.3, -0.25) is 9.59 Å². The quantitative estimate of drug-likeness (QED) is 0.609. The number of aliphatic hydroxyl groups excluding tert-OH is 1. The summed E-state index contributed by atoms with van der Waals surface area (Å²) >= 11 is 0. The molecule has 2 amide bonds. The minimum atomic E-state index is -0.675. The van der Waals surface area contributed by atoms with Crippen LogP contribution in [0.4, 0.5) is 0 Å². The molecule has 0 bridgehead atoms. The van der Waals surface area contributed by atoms with E-state index in [1.807, 2.05) is 6.92 Å². The molecule has 1 heterocycles. The Hall–Kier alpha value is -2.74. The van der Waals surface area contributed by atoms with Gasteiger partial charge >= 0.3 is 0 Å². The maximum atomic E-state index is 12.7. The highest BCUT2D eigenvalue weighted by Crippen LogP contribution is 2.21. The highest BCUT2D eigenvalue weighted by molar-refractivity contribution is 5.98. The summed E-state index contributed by atoms with van der Waals surface area (Å²) in [7, 11) is 0. The lowest BCUT2D eigenvalue weighted by molar-refractivity contribution is 0.00359. The lowest BCUT2D eigenvalue weighted by atomic mass is 10.1. The summed E-state index contributed by atoms with van der Waals surface area (Å²) in [6.07, 6.45) is 1.25. The van der Waals surface area contributed by atoms with Gasteiger partial charge in [-0.2, -0.15) is 0 Å². The Balaban J connectivity index is 1.21. The van der Waals surface area contributed by atoms with Crippen LogP contribution in [0.25, 0.3) is 0 Å². The first kappa shape index (κ1) is 22.5. The number of carbonyl (C=O) groups excluding carboxylic acids is 2. The molecule has 7 heteroatoms. The van der Waals surface area contributed by atoms with Gasteiger partial charge in [-0.05, 0) is 55.2 Å². The molecule has 170 valence electrons. The van der Waals surface area contributed by atoms with Crippen molar-refractivity contribution in [2.24, 2.45) is 0 Å². The van der Waals surface area contributed by atoms with E-state index >= 15 is 0 Å². The van der Waals surface area contributed by atoms with Crippen molar-refractivity contribution in [1.82, 2.24) is 15.5 Å².